The number of hydrogen-bond acceptors (Lipinski definition) is 2. The molecule has 116 valence electrons. The Hall–Kier alpha value is -1.04. The Kier molecular flexibility index (Phi) is 4.00. The molecule has 1 fully saturated rings. The third-order valence-electron chi connectivity index (χ3n) is 4.59. The Morgan fingerprint density at radius 1 is 1.05 bits per heavy atom. The monoisotopic (exact) mass is 361 g/mol. The minimum atomic E-state index is -0.347. The van der Waals surface area contributed by atoms with E-state index in [1.165, 1.54) is 5.56 Å². The lowest BCUT2D eigenvalue weighted by Gasteiger charge is -2.32. The van der Waals surface area contributed by atoms with Crippen LogP contribution in [0.25, 0.3) is 0 Å². The van der Waals surface area contributed by atoms with Crippen molar-refractivity contribution in [3.05, 3.63) is 52.6 Å². The first-order valence-corrected chi connectivity index (χ1v) is 8.33. The average Bonchev–Trinajstić information content (AvgIpc) is 2.88. The highest BCUT2D eigenvalue weighted by molar-refractivity contribution is 9.10. The quantitative estimate of drug-likeness (QED) is 0.780. The third-order valence-corrected chi connectivity index (χ3v) is 5.02. The van der Waals surface area contributed by atoms with Gasteiger partial charge in [0.2, 0.25) is 0 Å². The highest BCUT2D eigenvalue weighted by Crippen LogP contribution is 2.36. The van der Waals surface area contributed by atoms with Gasteiger partial charge in [0.05, 0.1) is 11.2 Å². The molecule has 0 N–H and O–H groups in total. The molecule has 3 rings (SSSR count). The smallest absolute Gasteiger partial charge is 0.398 e. The van der Waals surface area contributed by atoms with Crippen LogP contribution in [0.4, 0.5) is 0 Å². The summed E-state index contributed by atoms with van der Waals surface area (Å²) in [6.07, 6.45) is 2.08. The maximum atomic E-state index is 6.18. The van der Waals surface area contributed by atoms with Gasteiger partial charge in [-0.2, -0.15) is 0 Å². The standard InChI is InChI=1S/C17H21BBrNO2/c1-16(2)17(3,4)22-18(21-16)15-10-14(19)12-20(15)11-13-8-6-5-7-9-13/h5-10,12H,11H2,1-4H3. The molecule has 0 unspecified atom stereocenters. The number of benzene rings is 1. The van der Waals surface area contributed by atoms with Gasteiger partial charge in [-0.25, -0.2) is 0 Å². The minimum Gasteiger partial charge on any atom is -0.398 e. The van der Waals surface area contributed by atoms with Crippen LogP contribution in [0.3, 0.4) is 0 Å². The zero-order valence-electron chi connectivity index (χ0n) is 13.5. The van der Waals surface area contributed by atoms with Crippen molar-refractivity contribution in [3.8, 4) is 0 Å². The molecule has 0 bridgehead atoms. The Labute approximate surface area is 140 Å². The van der Waals surface area contributed by atoms with E-state index in [4.69, 9.17) is 9.31 Å². The lowest BCUT2D eigenvalue weighted by atomic mass is 9.84. The topological polar surface area (TPSA) is 23.4 Å². The SMILES string of the molecule is CC1(C)OB(c2cc(Br)cn2Cc2ccccc2)OC1(C)C. The molecule has 0 saturated carbocycles. The van der Waals surface area contributed by atoms with E-state index in [1.807, 2.05) is 6.07 Å². The van der Waals surface area contributed by atoms with Gasteiger partial charge in [0.1, 0.15) is 0 Å². The van der Waals surface area contributed by atoms with Crippen molar-refractivity contribution < 1.29 is 9.31 Å². The molecule has 22 heavy (non-hydrogen) atoms. The van der Waals surface area contributed by atoms with Crippen LogP contribution in [-0.4, -0.2) is 22.9 Å². The fourth-order valence-corrected chi connectivity index (χ4v) is 3.05. The fourth-order valence-electron chi connectivity index (χ4n) is 2.57. The van der Waals surface area contributed by atoms with Gasteiger partial charge in [0.15, 0.2) is 0 Å². The summed E-state index contributed by atoms with van der Waals surface area (Å²) in [4.78, 5) is 0. The molecule has 0 aliphatic carbocycles. The Morgan fingerprint density at radius 2 is 1.64 bits per heavy atom. The summed E-state index contributed by atoms with van der Waals surface area (Å²) in [5.74, 6) is 0. The van der Waals surface area contributed by atoms with Crippen molar-refractivity contribution in [1.82, 2.24) is 4.57 Å². The van der Waals surface area contributed by atoms with Crippen molar-refractivity contribution in [2.24, 2.45) is 0 Å². The second kappa shape index (κ2) is 5.55. The maximum Gasteiger partial charge on any atom is 0.512 e. The summed E-state index contributed by atoms with van der Waals surface area (Å²) in [6, 6.07) is 12.5. The molecule has 1 aliphatic rings. The molecule has 1 aromatic carbocycles. The van der Waals surface area contributed by atoms with E-state index in [2.05, 4.69) is 84.7 Å². The highest BCUT2D eigenvalue weighted by atomic mass is 79.9. The largest absolute Gasteiger partial charge is 0.512 e. The summed E-state index contributed by atoms with van der Waals surface area (Å²) >= 11 is 3.57. The van der Waals surface area contributed by atoms with Crippen LogP contribution >= 0.6 is 15.9 Å². The second-order valence-electron chi connectivity index (χ2n) is 6.78. The van der Waals surface area contributed by atoms with Gasteiger partial charge in [0.25, 0.3) is 0 Å². The van der Waals surface area contributed by atoms with Crippen molar-refractivity contribution in [3.63, 3.8) is 0 Å². The van der Waals surface area contributed by atoms with E-state index < -0.39 is 0 Å². The molecule has 0 amide bonds. The summed E-state index contributed by atoms with van der Waals surface area (Å²) in [5.41, 5.74) is 1.63. The van der Waals surface area contributed by atoms with Gasteiger partial charge in [0, 0.05) is 22.8 Å². The van der Waals surface area contributed by atoms with Gasteiger partial charge in [-0.15, -0.1) is 0 Å². The lowest BCUT2D eigenvalue weighted by molar-refractivity contribution is 0.00578. The zero-order chi connectivity index (χ0) is 16.0. The molecule has 0 spiro atoms. The summed E-state index contributed by atoms with van der Waals surface area (Å²) < 4.78 is 15.6. The fraction of sp³-hybridized carbons (Fsp3) is 0.412. The minimum absolute atomic E-state index is 0.327. The Balaban J connectivity index is 1.90. The number of hydrogen-bond donors (Lipinski definition) is 0. The van der Waals surface area contributed by atoms with E-state index >= 15 is 0 Å². The van der Waals surface area contributed by atoms with Crippen LogP contribution in [0.2, 0.25) is 0 Å². The predicted octanol–water partition coefficient (Wildman–Crippen LogP) is 3.60. The van der Waals surface area contributed by atoms with Crippen molar-refractivity contribution >= 4 is 28.6 Å². The molecule has 1 aliphatic heterocycles. The number of nitrogens with zero attached hydrogens (tertiary/aromatic N) is 1. The highest BCUT2D eigenvalue weighted by Gasteiger charge is 2.52. The first-order chi connectivity index (χ1) is 10.3. The van der Waals surface area contributed by atoms with Gasteiger partial charge in [-0.05, 0) is 55.3 Å². The third kappa shape index (κ3) is 2.90. The average molecular weight is 362 g/mol. The number of aromatic nitrogens is 1. The van der Waals surface area contributed by atoms with Crippen molar-refractivity contribution in [2.75, 3.05) is 0 Å². The molecule has 3 nitrogen and oxygen atoms in total. The predicted molar refractivity (Wildman–Crippen MR) is 93.4 cm³/mol. The van der Waals surface area contributed by atoms with Gasteiger partial charge in [-0.3, -0.25) is 0 Å². The number of halogens is 1. The van der Waals surface area contributed by atoms with Crippen LogP contribution < -0.4 is 5.59 Å². The van der Waals surface area contributed by atoms with Crippen LogP contribution in [0.1, 0.15) is 33.3 Å². The summed E-state index contributed by atoms with van der Waals surface area (Å²) in [6.45, 7) is 9.10. The van der Waals surface area contributed by atoms with Crippen LogP contribution in [0, 0.1) is 0 Å². The summed E-state index contributed by atoms with van der Waals surface area (Å²) in [7, 11) is -0.347. The van der Waals surface area contributed by atoms with Crippen LogP contribution in [0.15, 0.2) is 47.1 Å². The summed E-state index contributed by atoms with van der Waals surface area (Å²) in [5, 5.41) is 0. The second-order valence-corrected chi connectivity index (χ2v) is 7.70. The van der Waals surface area contributed by atoms with E-state index in [1.54, 1.807) is 0 Å². The molecule has 5 heteroatoms. The Morgan fingerprint density at radius 3 is 2.23 bits per heavy atom. The Bertz CT molecular complexity index is 651. The first kappa shape index (κ1) is 15.8. The lowest BCUT2D eigenvalue weighted by Crippen LogP contribution is -2.41. The van der Waals surface area contributed by atoms with Crippen molar-refractivity contribution in [1.29, 1.82) is 0 Å². The van der Waals surface area contributed by atoms with Gasteiger partial charge < -0.3 is 13.9 Å². The molecule has 1 aromatic heterocycles. The maximum absolute atomic E-state index is 6.18. The van der Waals surface area contributed by atoms with Gasteiger partial charge in [-0.1, -0.05) is 30.3 Å². The number of rotatable bonds is 3. The van der Waals surface area contributed by atoms with E-state index in [0.717, 1.165) is 16.6 Å². The van der Waals surface area contributed by atoms with Gasteiger partial charge >= 0.3 is 7.12 Å². The molecule has 2 aromatic rings. The molecule has 1 saturated heterocycles. The zero-order valence-corrected chi connectivity index (χ0v) is 15.1. The molecular formula is C17H21BBrNO2. The molecular weight excluding hydrogens is 341 g/mol. The molecule has 0 atom stereocenters. The van der Waals surface area contributed by atoms with Crippen molar-refractivity contribution in [2.45, 2.75) is 45.4 Å². The molecule has 0 radical (unpaired) electrons. The van der Waals surface area contributed by atoms with Crippen LogP contribution in [0.5, 0.6) is 0 Å². The first-order valence-electron chi connectivity index (χ1n) is 7.54. The van der Waals surface area contributed by atoms with E-state index in [-0.39, 0.29) is 18.3 Å². The van der Waals surface area contributed by atoms with Crippen LogP contribution in [-0.2, 0) is 15.9 Å². The molecule has 2 heterocycles. The normalized spacial score (nSPS) is 19.6. The van der Waals surface area contributed by atoms with E-state index in [9.17, 15) is 0 Å². The van der Waals surface area contributed by atoms with E-state index in [0.29, 0.717) is 0 Å².